The first kappa shape index (κ1) is 18.3. The van der Waals surface area contributed by atoms with Gasteiger partial charge in [0.05, 0.1) is 23.7 Å². The highest BCUT2D eigenvalue weighted by molar-refractivity contribution is 6.10. The molecule has 7 heteroatoms. The minimum absolute atomic E-state index is 0.0763. The molecular formula is C23H20N4O3. The summed E-state index contributed by atoms with van der Waals surface area (Å²) in [6.45, 7) is 2.05. The summed E-state index contributed by atoms with van der Waals surface area (Å²) >= 11 is 0. The van der Waals surface area contributed by atoms with Gasteiger partial charge in [-0.3, -0.25) is 9.59 Å². The van der Waals surface area contributed by atoms with Crippen molar-refractivity contribution >= 4 is 23.0 Å². The highest BCUT2D eigenvalue weighted by Crippen LogP contribution is 2.49. The van der Waals surface area contributed by atoms with Crippen molar-refractivity contribution in [3.8, 4) is 11.3 Å². The number of rotatable bonds is 6. The maximum Gasteiger partial charge on any atom is 0.233 e. The summed E-state index contributed by atoms with van der Waals surface area (Å²) in [5.41, 5.74) is 2.98. The minimum atomic E-state index is -0.269. The van der Waals surface area contributed by atoms with Crippen molar-refractivity contribution in [2.45, 2.75) is 26.2 Å². The molecule has 1 saturated carbocycles. The minimum Gasteiger partial charge on any atom is -0.461 e. The Labute approximate surface area is 172 Å². The van der Waals surface area contributed by atoms with Crippen LogP contribution in [0.25, 0.3) is 16.9 Å². The third-order valence-corrected chi connectivity index (χ3v) is 5.82. The number of ketones is 1. The molecule has 1 aliphatic carbocycles. The molecule has 1 amide bonds. The Bertz CT molecular complexity index is 1250. The standard InChI is InChI=1S/C23H20N4O3/c1-2-23(9-10-23)22(29)26-16-6-3-5-15(13-16)18-8-11-24-21-17(14-25-27(18)21)20(28)19-7-4-12-30-19/h3-8,11-14H,2,9-10H2,1H3,(H,26,29). The average molecular weight is 400 g/mol. The van der Waals surface area contributed by atoms with Crippen LogP contribution in [0.3, 0.4) is 0 Å². The van der Waals surface area contributed by atoms with Gasteiger partial charge in [0.15, 0.2) is 11.4 Å². The number of nitrogens with one attached hydrogen (secondary N) is 1. The van der Waals surface area contributed by atoms with Gasteiger partial charge >= 0.3 is 0 Å². The fourth-order valence-electron chi connectivity index (χ4n) is 3.72. The van der Waals surface area contributed by atoms with Crippen LogP contribution in [0.15, 0.2) is 65.5 Å². The van der Waals surface area contributed by atoms with E-state index < -0.39 is 0 Å². The van der Waals surface area contributed by atoms with Crippen molar-refractivity contribution in [1.29, 1.82) is 0 Å². The first-order valence-electron chi connectivity index (χ1n) is 9.94. The Morgan fingerprint density at radius 3 is 2.80 bits per heavy atom. The maximum absolute atomic E-state index is 12.7. The molecule has 150 valence electrons. The summed E-state index contributed by atoms with van der Waals surface area (Å²) in [6.07, 6.45) is 7.35. The number of hydrogen-bond acceptors (Lipinski definition) is 5. The van der Waals surface area contributed by atoms with E-state index in [1.807, 2.05) is 30.3 Å². The van der Waals surface area contributed by atoms with Gasteiger partial charge in [0.2, 0.25) is 11.7 Å². The normalized spacial score (nSPS) is 14.6. The number of benzene rings is 1. The predicted octanol–water partition coefficient (Wildman–Crippen LogP) is 4.35. The predicted molar refractivity (Wildman–Crippen MR) is 111 cm³/mol. The molecule has 0 aliphatic heterocycles. The molecule has 1 N–H and O–H groups in total. The number of anilines is 1. The van der Waals surface area contributed by atoms with Gasteiger partial charge in [-0.15, -0.1) is 0 Å². The van der Waals surface area contributed by atoms with E-state index in [0.29, 0.717) is 11.2 Å². The van der Waals surface area contributed by atoms with Gasteiger partial charge < -0.3 is 9.73 Å². The monoisotopic (exact) mass is 400 g/mol. The van der Waals surface area contributed by atoms with Crippen LogP contribution in [-0.2, 0) is 4.79 Å². The van der Waals surface area contributed by atoms with Gasteiger partial charge in [-0.25, -0.2) is 9.50 Å². The van der Waals surface area contributed by atoms with E-state index >= 15 is 0 Å². The summed E-state index contributed by atoms with van der Waals surface area (Å²) in [5, 5.41) is 7.43. The van der Waals surface area contributed by atoms with E-state index in [-0.39, 0.29) is 22.9 Å². The van der Waals surface area contributed by atoms with Crippen LogP contribution in [0.1, 0.15) is 42.3 Å². The zero-order valence-electron chi connectivity index (χ0n) is 16.5. The molecule has 30 heavy (non-hydrogen) atoms. The lowest BCUT2D eigenvalue weighted by Gasteiger charge is -2.14. The third-order valence-electron chi connectivity index (χ3n) is 5.82. The van der Waals surface area contributed by atoms with E-state index in [4.69, 9.17) is 4.42 Å². The number of carbonyl (C=O) groups excluding carboxylic acids is 2. The van der Waals surface area contributed by atoms with Crippen LogP contribution in [-0.4, -0.2) is 26.3 Å². The van der Waals surface area contributed by atoms with Gasteiger partial charge in [-0.1, -0.05) is 19.1 Å². The second kappa shape index (κ2) is 6.95. The van der Waals surface area contributed by atoms with Crippen molar-refractivity contribution < 1.29 is 14.0 Å². The Morgan fingerprint density at radius 2 is 2.07 bits per heavy atom. The number of amides is 1. The number of nitrogens with zero attached hydrogens (tertiary/aromatic N) is 3. The third kappa shape index (κ3) is 2.99. The van der Waals surface area contributed by atoms with Gasteiger partial charge in [0.25, 0.3) is 0 Å². The van der Waals surface area contributed by atoms with Crippen molar-refractivity contribution in [2.75, 3.05) is 5.32 Å². The second-order valence-corrected chi connectivity index (χ2v) is 7.60. The molecule has 3 aromatic heterocycles. The topological polar surface area (TPSA) is 89.5 Å². The van der Waals surface area contributed by atoms with Crippen molar-refractivity contribution in [2.24, 2.45) is 5.41 Å². The molecule has 1 fully saturated rings. The lowest BCUT2D eigenvalue weighted by atomic mass is 10.0. The molecule has 1 aliphatic rings. The molecule has 0 radical (unpaired) electrons. The van der Waals surface area contributed by atoms with Gasteiger partial charge in [-0.05, 0) is 49.6 Å². The van der Waals surface area contributed by atoms with Crippen molar-refractivity contribution in [1.82, 2.24) is 14.6 Å². The molecule has 7 nitrogen and oxygen atoms in total. The highest BCUT2D eigenvalue weighted by Gasteiger charge is 2.47. The Kier molecular flexibility index (Phi) is 4.24. The summed E-state index contributed by atoms with van der Waals surface area (Å²) in [6, 6.07) is 12.7. The van der Waals surface area contributed by atoms with Gasteiger partial charge in [0, 0.05) is 22.9 Å². The maximum atomic E-state index is 12.7. The zero-order valence-corrected chi connectivity index (χ0v) is 16.5. The molecule has 4 aromatic rings. The van der Waals surface area contributed by atoms with E-state index in [9.17, 15) is 9.59 Å². The number of aromatic nitrogens is 3. The van der Waals surface area contributed by atoms with Crippen LogP contribution in [0.4, 0.5) is 5.69 Å². The van der Waals surface area contributed by atoms with Crippen molar-refractivity contribution in [3.63, 3.8) is 0 Å². The van der Waals surface area contributed by atoms with E-state index in [1.165, 1.54) is 12.5 Å². The molecule has 0 saturated heterocycles. The average Bonchev–Trinajstić information content (AvgIpc) is 3.18. The van der Waals surface area contributed by atoms with Gasteiger partial charge in [0.1, 0.15) is 0 Å². The van der Waals surface area contributed by atoms with E-state index in [2.05, 4.69) is 22.3 Å². The number of carbonyl (C=O) groups is 2. The highest BCUT2D eigenvalue weighted by atomic mass is 16.3. The molecule has 0 bridgehead atoms. The fraction of sp³-hybridized carbons (Fsp3) is 0.217. The molecule has 0 unspecified atom stereocenters. The van der Waals surface area contributed by atoms with Crippen LogP contribution in [0.2, 0.25) is 0 Å². The summed E-state index contributed by atoms with van der Waals surface area (Å²) in [4.78, 5) is 29.6. The van der Waals surface area contributed by atoms with E-state index in [0.717, 1.165) is 36.2 Å². The van der Waals surface area contributed by atoms with Gasteiger partial charge in [-0.2, -0.15) is 5.10 Å². The molecule has 1 aromatic carbocycles. The molecule has 0 spiro atoms. The summed E-state index contributed by atoms with van der Waals surface area (Å²) < 4.78 is 6.85. The van der Waals surface area contributed by atoms with Crippen LogP contribution in [0.5, 0.6) is 0 Å². The Balaban J connectivity index is 1.50. The number of hydrogen-bond donors (Lipinski definition) is 1. The lowest BCUT2D eigenvalue weighted by Crippen LogP contribution is -2.23. The van der Waals surface area contributed by atoms with Crippen molar-refractivity contribution in [3.05, 3.63) is 72.4 Å². The second-order valence-electron chi connectivity index (χ2n) is 7.60. The number of furan rings is 1. The van der Waals surface area contributed by atoms with E-state index in [1.54, 1.807) is 22.8 Å². The van der Waals surface area contributed by atoms with Crippen LogP contribution >= 0.6 is 0 Å². The summed E-state index contributed by atoms with van der Waals surface area (Å²) in [5.74, 6) is 0.0501. The van der Waals surface area contributed by atoms with Crippen LogP contribution < -0.4 is 5.32 Å². The Morgan fingerprint density at radius 1 is 1.20 bits per heavy atom. The number of fused-ring (bicyclic) bond motifs is 1. The lowest BCUT2D eigenvalue weighted by molar-refractivity contribution is -0.121. The first-order valence-corrected chi connectivity index (χ1v) is 9.94. The molecule has 0 atom stereocenters. The quantitative estimate of drug-likeness (QED) is 0.486. The Hall–Kier alpha value is -3.74. The first-order chi connectivity index (χ1) is 14.6. The van der Waals surface area contributed by atoms with Crippen LogP contribution in [0, 0.1) is 5.41 Å². The molecule has 3 heterocycles. The largest absolute Gasteiger partial charge is 0.461 e. The fourth-order valence-corrected chi connectivity index (χ4v) is 3.72. The summed E-state index contributed by atoms with van der Waals surface area (Å²) in [7, 11) is 0. The smallest absolute Gasteiger partial charge is 0.233 e. The SMILES string of the molecule is CCC1(C(=O)Nc2cccc(-c3ccnc4c(C(=O)c5ccco5)cnn34)c2)CC1. The molecule has 5 rings (SSSR count). The zero-order chi connectivity index (χ0) is 20.7. The molecular weight excluding hydrogens is 380 g/mol.